The second-order valence-electron chi connectivity index (χ2n) is 7.66. The standard InChI is InChI=1S/C24H32O2/c1-3-5-6-20-11-14-22(15-12-20)24-18-25-23(17-26-24)16-13-21-9-7-19(4-2)8-10-21/h3,7-10,20,22-24H,1,4-6,11-12,14-15,17-18H2,2H3/t20-,22-,23-,24-/m0/s1. The number of aryl methyl sites for hydroxylation is 1. The average molecular weight is 353 g/mol. The molecular formula is C24H32O2. The van der Waals surface area contributed by atoms with Gasteiger partial charge in [-0.1, -0.05) is 49.8 Å². The molecule has 2 fully saturated rings. The van der Waals surface area contributed by atoms with Crippen molar-refractivity contribution in [1.82, 2.24) is 0 Å². The van der Waals surface area contributed by atoms with Crippen LogP contribution in [0.25, 0.3) is 0 Å². The summed E-state index contributed by atoms with van der Waals surface area (Å²) in [5, 5.41) is 0. The summed E-state index contributed by atoms with van der Waals surface area (Å²) in [6, 6.07) is 8.46. The van der Waals surface area contributed by atoms with E-state index in [0.717, 1.165) is 24.3 Å². The van der Waals surface area contributed by atoms with E-state index in [2.05, 4.69) is 49.6 Å². The van der Waals surface area contributed by atoms with Gasteiger partial charge in [0.05, 0.1) is 19.3 Å². The Morgan fingerprint density at radius 2 is 1.85 bits per heavy atom. The molecule has 1 saturated carbocycles. The van der Waals surface area contributed by atoms with Crippen molar-refractivity contribution in [3.8, 4) is 11.8 Å². The molecule has 1 aliphatic carbocycles. The van der Waals surface area contributed by atoms with Crippen LogP contribution in [0.4, 0.5) is 0 Å². The summed E-state index contributed by atoms with van der Waals surface area (Å²) >= 11 is 0. The normalized spacial score (nSPS) is 28.8. The van der Waals surface area contributed by atoms with Crippen molar-refractivity contribution in [3.05, 3.63) is 48.0 Å². The Morgan fingerprint density at radius 1 is 1.08 bits per heavy atom. The van der Waals surface area contributed by atoms with Crippen LogP contribution in [0.2, 0.25) is 0 Å². The summed E-state index contributed by atoms with van der Waals surface area (Å²) < 4.78 is 12.1. The highest BCUT2D eigenvalue weighted by Crippen LogP contribution is 2.35. The molecule has 0 bridgehead atoms. The zero-order valence-electron chi connectivity index (χ0n) is 16.1. The molecular weight excluding hydrogens is 320 g/mol. The number of hydrogen-bond donors (Lipinski definition) is 0. The van der Waals surface area contributed by atoms with E-state index in [9.17, 15) is 0 Å². The molecule has 0 unspecified atom stereocenters. The molecule has 2 aliphatic rings. The third-order valence-corrected chi connectivity index (χ3v) is 5.86. The Morgan fingerprint density at radius 3 is 2.46 bits per heavy atom. The molecule has 1 aromatic carbocycles. The molecule has 0 N–H and O–H groups in total. The number of allylic oxidation sites excluding steroid dienone is 1. The summed E-state index contributed by atoms with van der Waals surface area (Å²) in [6.45, 7) is 7.29. The van der Waals surface area contributed by atoms with E-state index in [4.69, 9.17) is 9.47 Å². The van der Waals surface area contributed by atoms with Crippen LogP contribution >= 0.6 is 0 Å². The van der Waals surface area contributed by atoms with Crippen LogP contribution in [-0.4, -0.2) is 25.4 Å². The smallest absolute Gasteiger partial charge is 0.141 e. The molecule has 1 aliphatic heterocycles. The second-order valence-corrected chi connectivity index (χ2v) is 7.66. The summed E-state index contributed by atoms with van der Waals surface area (Å²) in [5.74, 6) is 7.98. The van der Waals surface area contributed by atoms with E-state index in [1.807, 2.05) is 6.08 Å². The summed E-state index contributed by atoms with van der Waals surface area (Å²) in [7, 11) is 0. The average Bonchev–Trinajstić information content (AvgIpc) is 2.72. The SMILES string of the molecule is C=CCC[C@H]1CC[C@H]([C@@H]2CO[C@@H](C#Cc3ccc(CC)cc3)CO2)CC1. The minimum Gasteiger partial charge on any atom is -0.372 e. The fourth-order valence-electron chi connectivity index (χ4n) is 4.06. The first kappa shape index (κ1) is 19.2. The van der Waals surface area contributed by atoms with Crippen molar-refractivity contribution in [2.75, 3.05) is 13.2 Å². The van der Waals surface area contributed by atoms with Crippen molar-refractivity contribution in [3.63, 3.8) is 0 Å². The molecule has 26 heavy (non-hydrogen) atoms. The van der Waals surface area contributed by atoms with Crippen molar-refractivity contribution < 1.29 is 9.47 Å². The Kier molecular flexibility index (Phi) is 7.35. The first-order chi connectivity index (χ1) is 12.8. The van der Waals surface area contributed by atoms with Gasteiger partial charge in [0.15, 0.2) is 0 Å². The maximum absolute atomic E-state index is 6.13. The summed E-state index contributed by atoms with van der Waals surface area (Å²) in [4.78, 5) is 0. The van der Waals surface area contributed by atoms with Crippen molar-refractivity contribution >= 4 is 0 Å². The summed E-state index contributed by atoms with van der Waals surface area (Å²) in [6.07, 6.45) is 10.9. The molecule has 2 nitrogen and oxygen atoms in total. The lowest BCUT2D eigenvalue weighted by Gasteiger charge is -2.36. The number of ether oxygens (including phenoxy) is 2. The monoisotopic (exact) mass is 352 g/mol. The Balaban J connectivity index is 1.42. The van der Waals surface area contributed by atoms with Gasteiger partial charge >= 0.3 is 0 Å². The molecule has 2 atom stereocenters. The van der Waals surface area contributed by atoms with Gasteiger partial charge in [-0.15, -0.1) is 6.58 Å². The van der Waals surface area contributed by atoms with E-state index < -0.39 is 0 Å². The fourth-order valence-corrected chi connectivity index (χ4v) is 4.06. The largest absolute Gasteiger partial charge is 0.372 e. The van der Waals surface area contributed by atoms with Crippen LogP contribution < -0.4 is 0 Å². The lowest BCUT2D eigenvalue weighted by atomic mass is 9.77. The number of rotatable bonds is 5. The van der Waals surface area contributed by atoms with Crippen LogP contribution in [0.15, 0.2) is 36.9 Å². The summed E-state index contributed by atoms with van der Waals surface area (Å²) in [5.41, 5.74) is 2.39. The van der Waals surface area contributed by atoms with E-state index >= 15 is 0 Å². The Bertz CT molecular complexity index is 606. The van der Waals surface area contributed by atoms with Crippen LogP contribution in [0.5, 0.6) is 0 Å². The zero-order chi connectivity index (χ0) is 18.2. The van der Waals surface area contributed by atoms with Gasteiger partial charge in [-0.05, 0) is 61.6 Å². The number of hydrogen-bond acceptors (Lipinski definition) is 2. The van der Waals surface area contributed by atoms with Gasteiger partial charge in [-0.2, -0.15) is 0 Å². The minimum atomic E-state index is -0.0963. The van der Waals surface area contributed by atoms with Crippen LogP contribution in [-0.2, 0) is 15.9 Å². The van der Waals surface area contributed by atoms with Crippen LogP contribution in [0, 0.1) is 23.7 Å². The fraction of sp³-hybridized carbons (Fsp3) is 0.583. The van der Waals surface area contributed by atoms with Crippen molar-refractivity contribution in [2.45, 2.75) is 64.1 Å². The highest BCUT2D eigenvalue weighted by Gasteiger charge is 2.31. The third-order valence-electron chi connectivity index (χ3n) is 5.86. The number of benzene rings is 1. The van der Waals surface area contributed by atoms with Crippen LogP contribution in [0.1, 0.15) is 56.6 Å². The molecule has 3 rings (SSSR count). The van der Waals surface area contributed by atoms with Gasteiger partial charge in [0.1, 0.15) is 6.10 Å². The lowest BCUT2D eigenvalue weighted by molar-refractivity contribution is -0.138. The molecule has 1 saturated heterocycles. The molecule has 140 valence electrons. The molecule has 0 amide bonds. The predicted octanol–water partition coefficient (Wildman–Crippen LogP) is 5.16. The molecule has 1 aromatic rings. The second kappa shape index (κ2) is 9.95. The maximum atomic E-state index is 6.13. The topological polar surface area (TPSA) is 18.5 Å². The van der Waals surface area contributed by atoms with E-state index in [0.29, 0.717) is 19.1 Å². The van der Waals surface area contributed by atoms with Gasteiger partial charge in [0.2, 0.25) is 0 Å². The minimum absolute atomic E-state index is 0.0963. The maximum Gasteiger partial charge on any atom is 0.141 e. The van der Waals surface area contributed by atoms with Crippen molar-refractivity contribution in [1.29, 1.82) is 0 Å². The molecule has 0 spiro atoms. The quantitative estimate of drug-likeness (QED) is 0.538. The lowest BCUT2D eigenvalue weighted by Crippen LogP contribution is -2.40. The van der Waals surface area contributed by atoms with Gasteiger partial charge in [-0.3, -0.25) is 0 Å². The van der Waals surface area contributed by atoms with Crippen LogP contribution in [0.3, 0.4) is 0 Å². The highest BCUT2D eigenvalue weighted by atomic mass is 16.6. The van der Waals surface area contributed by atoms with E-state index in [1.165, 1.54) is 37.7 Å². The van der Waals surface area contributed by atoms with Gasteiger partial charge < -0.3 is 9.47 Å². The Labute approximate surface area is 159 Å². The third kappa shape index (κ3) is 5.47. The zero-order valence-corrected chi connectivity index (χ0v) is 16.1. The van der Waals surface area contributed by atoms with Gasteiger partial charge in [-0.25, -0.2) is 0 Å². The molecule has 1 heterocycles. The van der Waals surface area contributed by atoms with E-state index in [1.54, 1.807) is 0 Å². The predicted molar refractivity (Wildman–Crippen MR) is 107 cm³/mol. The van der Waals surface area contributed by atoms with Gasteiger partial charge in [0, 0.05) is 5.56 Å². The molecule has 2 heteroatoms. The van der Waals surface area contributed by atoms with Crippen molar-refractivity contribution in [2.24, 2.45) is 11.8 Å². The molecule has 0 radical (unpaired) electrons. The molecule has 0 aromatic heterocycles. The highest BCUT2D eigenvalue weighted by molar-refractivity contribution is 5.36. The first-order valence-electron chi connectivity index (χ1n) is 10.2. The first-order valence-corrected chi connectivity index (χ1v) is 10.2. The van der Waals surface area contributed by atoms with E-state index in [-0.39, 0.29) is 12.2 Å². The van der Waals surface area contributed by atoms with Gasteiger partial charge in [0.25, 0.3) is 0 Å². The Hall–Kier alpha value is -1.56.